The first-order chi connectivity index (χ1) is 8.08. The molecule has 1 aromatic carbocycles. The standard InChI is InChI=1S/C12H14Cl2N2O/c13-7-4-5-11(9(14)6-7)16-12(17)8-2-1-3-10(8)15/h4-6,8,10H,1-3,15H2,(H,16,17). The zero-order valence-electron chi connectivity index (χ0n) is 9.25. The highest BCUT2D eigenvalue weighted by atomic mass is 35.5. The summed E-state index contributed by atoms with van der Waals surface area (Å²) in [5.74, 6) is -0.166. The molecular weight excluding hydrogens is 259 g/mol. The van der Waals surface area contributed by atoms with Gasteiger partial charge >= 0.3 is 0 Å². The molecule has 2 unspecified atom stereocenters. The lowest BCUT2D eigenvalue weighted by Crippen LogP contribution is -2.34. The molecule has 1 aromatic rings. The van der Waals surface area contributed by atoms with Crippen LogP contribution in [0, 0.1) is 5.92 Å². The van der Waals surface area contributed by atoms with Crippen molar-refractivity contribution in [3.05, 3.63) is 28.2 Å². The Kier molecular flexibility index (Phi) is 3.92. The molecule has 0 saturated heterocycles. The van der Waals surface area contributed by atoms with Gasteiger partial charge in [0, 0.05) is 11.1 Å². The molecule has 0 heterocycles. The smallest absolute Gasteiger partial charge is 0.229 e. The Morgan fingerprint density at radius 2 is 2.12 bits per heavy atom. The Morgan fingerprint density at radius 3 is 2.71 bits per heavy atom. The fraction of sp³-hybridized carbons (Fsp3) is 0.417. The molecule has 0 aromatic heterocycles. The van der Waals surface area contributed by atoms with Gasteiger partial charge in [0.1, 0.15) is 0 Å². The van der Waals surface area contributed by atoms with E-state index in [2.05, 4.69) is 5.32 Å². The minimum absolute atomic E-state index is 0.0407. The van der Waals surface area contributed by atoms with Gasteiger partial charge in [0.15, 0.2) is 0 Å². The van der Waals surface area contributed by atoms with Gasteiger partial charge in [0.2, 0.25) is 5.91 Å². The number of carbonyl (C=O) groups is 1. The number of halogens is 2. The Morgan fingerprint density at radius 1 is 1.35 bits per heavy atom. The van der Waals surface area contributed by atoms with E-state index in [9.17, 15) is 4.79 Å². The van der Waals surface area contributed by atoms with Crippen molar-refractivity contribution < 1.29 is 4.79 Å². The second-order valence-electron chi connectivity index (χ2n) is 4.31. The first kappa shape index (κ1) is 12.7. The molecule has 1 aliphatic rings. The Labute approximate surface area is 110 Å². The molecule has 92 valence electrons. The van der Waals surface area contributed by atoms with E-state index in [-0.39, 0.29) is 17.9 Å². The van der Waals surface area contributed by atoms with Crippen LogP contribution in [-0.4, -0.2) is 11.9 Å². The van der Waals surface area contributed by atoms with Gasteiger partial charge in [-0.05, 0) is 31.0 Å². The molecule has 0 aliphatic heterocycles. The highest BCUT2D eigenvalue weighted by Gasteiger charge is 2.30. The van der Waals surface area contributed by atoms with Crippen LogP contribution in [0.25, 0.3) is 0 Å². The van der Waals surface area contributed by atoms with Crippen LogP contribution in [-0.2, 0) is 4.79 Å². The number of amides is 1. The molecule has 0 radical (unpaired) electrons. The molecule has 2 rings (SSSR count). The summed E-state index contributed by atoms with van der Waals surface area (Å²) in [6.45, 7) is 0. The molecule has 5 heteroatoms. The van der Waals surface area contributed by atoms with Gasteiger partial charge in [-0.25, -0.2) is 0 Å². The van der Waals surface area contributed by atoms with Gasteiger partial charge < -0.3 is 11.1 Å². The summed E-state index contributed by atoms with van der Waals surface area (Å²) >= 11 is 11.8. The SMILES string of the molecule is NC1CCCC1C(=O)Nc1ccc(Cl)cc1Cl. The fourth-order valence-corrected chi connectivity index (χ4v) is 2.59. The number of rotatable bonds is 2. The number of hydrogen-bond acceptors (Lipinski definition) is 2. The van der Waals surface area contributed by atoms with E-state index < -0.39 is 0 Å². The van der Waals surface area contributed by atoms with Crippen LogP contribution in [0.4, 0.5) is 5.69 Å². The third-order valence-electron chi connectivity index (χ3n) is 3.10. The van der Waals surface area contributed by atoms with Crippen LogP contribution in [0.2, 0.25) is 10.0 Å². The third kappa shape index (κ3) is 2.92. The lowest BCUT2D eigenvalue weighted by Gasteiger charge is -2.15. The van der Waals surface area contributed by atoms with Crippen molar-refractivity contribution >= 4 is 34.8 Å². The number of carbonyl (C=O) groups excluding carboxylic acids is 1. The lowest BCUT2D eigenvalue weighted by molar-refractivity contribution is -0.120. The van der Waals surface area contributed by atoms with Crippen molar-refractivity contribution in [1.29, 1.82) is 0 Å². The maximum absolute atomic E-state index is 12.0. The predicted octanol–water partition coefficient (Wildman–Crippen LogP) is 3.06. The van der Waals surface area contributed by atoms with E-state index in [1.165, 1.54) is 0 Å². The van der Waals surface area contributed by atoms with Gasteiger partial charge in [-0.3, -0.25) is 4.79 Å². The van der Waals surface area contributed by atoms with E-state index in [1.54, 1.807) is 18.2 Å². The second-order valence-corrected chi connectivity index (χ2v) is 5.16. The van der Waals surface area contributed by atoms with Crippen LogP contribution in [0.3, 0.4) is 0 Å². The number of nitrogens with one attached hydrogen (secondary N) is 1. The molecule has 1 amide bonds. The van der Waals surface area contributed by atoms with Crippen molar-refractivity contribution in [2.45, 2.75) is 25.3 Å². The summed E-state index contributed by atoms with van der Waals surface area (Å²) < 4.78 is 0. The molecule has 2 atom stereocenters. The van der Waals surface area contributed by atoms with Gasteiger partial charge in [-0.2, -0.15) is 0 Å². The number of anilines is 1. The first-order valence-electron chi connectivity index (χ1n) is 5.59. The maximum Gasteiger partial charge on any atom is 0.229 e. The van der Waals surface area contributed by atoms with Crippen molar-refractivity contribution in [2.75, 3.05) is 5.32 Å². The van der Waals surface area contributed by atoms with Crippen molar-refractivity contribution in [1.82, 2.24) is 0 Å². The third-order valence-corrected chi connectivity index (χ3v) is 3.64. The van der Waals surface area contributed by atoms with Gasteiger partial charge in [0.25, 0.3) is 0 Å². The molecule has 3 nitrogen and oxygen atoms in total. The van der Waals surface area contributed by atoms with Crippen molar-refractivity contribution in [3.8, 4) is 0 Å². The summed E-state index contributed by atoms with van der Waals surface area (Å²) in [7, 11) is 0. The number of benzene rings is 1. The molecular formula is C12H14Cl2N2O. The van der Waals surface area contributed by atoms with E-state index in [0.717, 1.165) is 19.3 Å². The van der Waals surface area contributed by atoms with E-state index in [0.29, 0.717) is 15.7 Å². The summed E-state index contributed by atoms with van der Waals surface area (Å²) in [6.07, 6.45) is 2.76. The van der Waals surface area contributed by atoms with Gasteiger partial charge in [-0.1, -0.05) is 29.6 Å². The van der Waals surface area contributed by atoms with Gasteiger partial charge in [-0.15, -0.1) is 0 Å². The Bertz CT molecular complexity index is 437. The summed E-state index contributed by atoms with van der Waals surface area (Å²) in [5, 5.41) is 3.79. The summed E-state index contributed by atoms with van der Waals surface area (Å²) in [4.78, 5) is 12.0. The van der Waals surface area contributed by atoms with E-state index in [1.807, 2.05) is 0 Å². The Balaban J connectivity index is 2.07. The largest absolute Gasteiger partial charge is 0.327 e. The molecule has 3 N–H and O–H groups in total. The zero-order chi connectivity index (χ0) is 12.4. The summed E-state index contributed by atoms with van der Waals surface area (Å²) in [5.41, 5.74) is 6.46. The minimum atomic E-state index is -0.109. The zero-order valence-corrected chi connectivity index (χ0v) is 10.8. The molecule has 1 saturated carbocycles. The first-order valence-corrected chi connectivity index (χ1v) is 6.35. The average Bonchev–Trinajstić information content (AvgIpc) is 2.68. The van der Waals surface area contributed by atoms with Crippen LogP contribution >= 0.6 is 23.2 Å². The van der Waals surface area contributed by atoms with E-state index in [4.69, 9.17) is 28.9 Å². The van der Waals surface area contributed by atoms with Crippen molar-refractivity contribution in [3.63, 3.8) is 0 Å². The number of hydrogen-bond donors (Lipinski definition) is 2. The predicted molar refractivity (Wildman–Crippen MR) is 70.4 cm³/mol. The molecule has 1 aliphatic carbocycles. The molecule has 17 heavy (non-hydrogen) atoms. The molecule has 0 spiro atoms. The highest BCUT2D eigenvalue weighted by molar-refractivity contribution is 6.36. The second kappa shape index (κ2) is 5.25. The van der Waals surface area contributed by atoms with E-state index >= 15 is 0 Å². The van der Waals surface area contributed by atoms with Crippen molar-refractivity contribution in [2.24, 2.45) is 11.7 Å². The van der Waals surface area contributed by atoms with Crippen LogP contribution < -0.4 is 11.1 Å². The average molecular weight is 273 g/mol. The minimum Gasteiger partial charge on any atom is -0.327 e. The van der Waals surface area contributed by atoms with Gasteiger partial charge in [0.05, 0.1) is 16.6 Å². The van der Waals surface area contributed by atoms with Crippen LogP contribution in [0.15, 0.2) is 18.2 Å². The fourth-order valence-electron chi connectivity index (χ4n) is 2.13. The Hall–Kier alpha value is -0.770. The lowest BCUT2D eigenvalue weighted by atomic mass is 10.0. The normalized spacial score (nSPS) is 23.7. The number of nitrogens with two attached hydrogens (primary N) is 1. The van der Waals surface area contributed by atoms with Crippen LogP contribution in [0.1, 0.15) is 19.3 Å². The topological polar surface area (TPSA) is 55.1 Å². The quantitative estimate of drug-likeness (QED) is 0.870. The molecule has 0 bridgehead atoms. The molecule has 1 fully saturated rings. The summed E-state index contributed by atoms with van der Waals surface area (Å²) in [6, 6.07) is 4.95. The maximum atomic E-state index is 12.0. The monoisotopic (exact) mass is 272 g/mol. The van der Waals surface area contributed by atoms with Crippen LogP contribution in [0.5, 0.6) is 0 Å². The highest BCUT2D eigenvalue weighted by Crippen LogP contribution is 2.29.